The van der Waals surface area contributed by atoms with Gasteiger partial charge < -0.3 is 10.6 Å². The maximum absolute atomic E-state index is 13.0. The molecular weight excluding hydrogens is 203 g/mol. The second-order valence-corrected chi connectivity index (χ2v) is 5.16. The predicted molar refractivity (Wildman–Crippen MR) is 65.1 cm³/mol. The van der Waals surface area contributed by atoms with E-state index in [9.17, 15) is 4.39 Å². The fourth-order valence-electron chi connectivity index (χ4n) is 2.31. The van der Waals surface area contributed by atoms with Gasteiger partial charge in [-0.25, -0.2) is 4.39 Å². The van der Waals surface area contributed by atoms with E-state index in [0.717, 1.165) is 25.1 Å². The van der Waals surface area contributed by atoms with Crippen LogP contribution >= 0.6 is 0 Å². The van der Waals surface area contributed by atoms with Gasteiger partial charge in [-0.2, -0.15) is 0 Å². The molecule has 88 valence electrons. The van der Waals surface area contributed by atoms with Crippen molar-refractivity contribution in [2.75, 3.05) is 11.9 Å². The predicted octanol–water partition coefficient (Wildman–Crippen LogP) is 2.77. The Labute approximate surface area is 96.2 Å². The van der Waals surface area contributed by atoms with Crippen molar-refractivity contribution >= 4 is 5.69 Å². The molecule has 1 aliphatic heterocycles. The van der Waals surface area contributed by atoms with Gasteiger partial charge in [0, 0.05) is 17.3 Å². The van der Waals surface area contributed by atoms with E-state index in [1.807, 2.05) is 6.07 Å². The van der Waals surface area contributed by atoms with Crippen molar-refractivity contribution in [3.63, 3.8) is 0 Å². The van der Waals surface area contributed by atoms with Crippen LogP contribution in [0.2, 0.25) is 0 Å². The second kappa shape index (κ2) is 4.42. The summed E-state index contributed by atoms with van der Waals surface area (Å²) < 4.78 is 13.0. The van der Waals surface area contributed by atoms with Crippen LogP contribution in [0.15, 0.2) is 24.3 Å². The summed E-state index contributed by atoms with van der Waals surface area (Å²) in [5, 5.41) is 6.87. The van der Waals surface area contributed by atoms with Crippen LogP contribution in [0.3, 0.4) is 0 Å². The van der Waals surface area contributed by atoms with Crippen LogP contribution in [0.25, 0.3) is 0 Å². The van der Waals surface area contributed by atoms with E-state index in [1.54, 1.807) is 12.1 Å². The maximum Gasteiger partial charge on any atom is 0.125 e. The Morgan fingerprint density at radius 3 is 2.94 bits per heavy atom. The minimum Gasteiger partial charge on any atom is -0.382 e. The molecule has 1 aromatic rings. The van der Waals surface area contributed by atoms with E-state index < -0.39 is 0 Å². The molecule has 1 aliphatic rings. The molecule has 0 amide bonds. The third kappa shape index (κ3) is 2.95. The van der Waals surface area contributed by atoms with Crippen molar-refractivity contribution in [2.45, 2.75) is 38.3 Å². The van der Waals surface area contributed by atoms with Gasteiger partial charge in [0.05, 0.1) is 0 Å². The van der Waals surface area contributed by atoms with Crippen molar-refractivity contribution in [2.24, 2.45) is 0 Å². The lowest BCUT2D eigenvalue weighted by molar-refractivity contribution is 0.286. The molecule has 1 saturated heterocycles. The van der Waals surface area contributed by atoms with Crippen molar-refractivity contribution in [3.05, 3.63) is 30.1 Å². The first-order valence-electron chi connectivity index (χ1n) is 5.82. The molecule has 2 nitrogen and oxygen atoms in total. The van der Waals surface area contributed by atoms with E-state index in [0.29, 0.717) is 6.04 Å². The monoisotopic (exact) mass is 222 g/mol. The standard InChI is InChI=1S/C13H19FN2/c1-13(2)9-12(6-7-15-13)16-11-5-3-4-10(14)8-11/h3-5,8,12,15-16H,6-7,9H2,1-2H3. The minimum absolute atomic E-state index is 0.170. The van der Waals surface area contributed by atoms with Gasteiger partial charge in [0.2, 0.25) is 0 Å². The molecule has 1 fully saturated rings. The smallest absolute Gasteiger partial charge is 0.125 e. The van der Waals surface area contributed by atoms with Gasteiger partial charge in [-0.05, 0) is 51.4 Å². The highest BCUT2D eigenvalue weighted by Gasteiger charge is 2.27. The Morgan fingerprint density at radius 2 is 2.25 bits per heavy atom. The summed E-state index contributed by atoms with van der Waals surface area (Å²) >= 11 is 0. The van der Waals surface area contributed by atoms with Crippen molar-refractivity contribution in [1.82, 2.24) is 5.32 Å². The Kier molecular flexibility index (Phi) is 3.15. The fourth-order valence-corrected chi connectivity index (χ4v) is 2.31. The first-order chi connectivity index (χ1) is 7.55. The van der Waals surface area contributed by atoms with E-state index in [4.69, 9.17) is 0 Å². The van der Waals surface area contributed by atoms with E-state index in [1.165, 1.54) is 6.07 Å². The Balaban J connectivity index is 1.99. The SMILES string of the molecule is CC1(C)CC(Nc2cccc(F)c2)CCN1. The zero-order chi connectivity index (χ0) is 11.6. The van der Waals surface area contributed by atoms with Crippen LogP contribution in [0.5, 0.6) is 0 Å². The maximum atomic E-state index is 13.0. The van der Waals surface area contributed by atoms with Crippen LogP contribution in [-0.2, 0) is 0 Å². The first kappa shape index (κ1) is 11.4. The Bertz CT molecular complexity index is 363. The quantitative estimate of drug-likeness (QED) is 0.804. The van der Waals surface area contributed by atoms with Gasteiger partial charge in [-0.3, -0.25) is 0 Å². The van der Waals surface area contributed by atoms with Crippen LogP contribution in [-0.4, -0.2) is 18.1 Å². The average molecular weight is 222 g/mol. The molecule has 16 heavy (non-hydrogen) atoms. The molecule has 2 N–H and O–H groups in total. The summed E-state index contributed by atoms with van der Waals surface area (Å²) in [6.45, 7) is 5.42. The molecule has 0 bridgehead atoms. The van der Waals surface area contributed by atoms with E-state index in [2.05, 4.69) is 24.5 Å². The number of rotatable bonds is 2. The number of hydrogen-bond acceptors (Lipinski definition) is 2. The third-order valence-corrected chi connectivity index (χ3v) is 3.05. The summed E-state index contributed by atoms with van der Waals surface area (Å²) in [6, 6.07) is 7.10. The molecule has 0 spiro atoms. The van der Waals surface area contributed by atoms with E-state index in [-0.39, 0.29) is 11.4 Å². The second-order valence-electron chi connectivity index (χ2n) is 5.16. The molecule has 1 aromatic carbocycles. The lowest BCUT2D eigenvalue weighted by Crippen LogP contribution is -2.50. The lowest BCUT2D eigenvalue weighted by atomic mass is 9.89. The number of benzene rings is 1. The highest BCUT2D eigenvalue weighted by atomic mass is 19.1. The average Bonchev–Trinajstić information content (AvgIpc) is 2.15. The summed E-state index contributed by atoms with van der Waals surface area (Å²) in [5.74, 6) is -0.182. The van der Waals surface area contributed by atoms with Gasteiger partial charge in [0.1, 0.15) is 5.82 Å². The molecule has 0 aliphatic carbocycles. The minimum atomic E-state index is -0.182. The summed E-state index contributed by atoms with van der Waals surface area (Å²) in [6.07, 6.45) is 2.14. The molecule has 3 heteroatoms. The van der Waals surface area contributed by atoms with Crippen LogP contribution in [0.1, 0.15) is 26.7 Å². The highest BCUT2D eigenvalue weighted by molar-refractivity contribution is 5.44. The van der Waals surface area contributed by atoms with Gasteiger partial charge >= 0.3 is 0 Å². The molecule has 0 radical (unpaired) electrons. The van der Waals surface area contributed by atoms with Crippen molar-refractivity contribution in [1.29, 1.82) is 0 Å². The van der Waals surface area contributed by atoms with Crippen LogP contribution < -0.4 is 10.6 Å². The first-order valence-corrected chi connectivity index (χ1v) is 5.82. The van der Waals surface area contributed by atoms with Crippen LogP contribution in [0.4, 0.5) is 10.1 Å². The zero-order valence-electron chi connectivity index (χ0n) is 9.89. The zero-order valence-corrected chi connectivity index (χ0v) is 9.89. The molecular formula is C13H19FN2. The lowest BCUT2D eigenvalue weighted by Gasteiger charge is -2.37. The molecule has 0 aromatic heterocycles. The molecule has 2 rings (SSSR count). The summed E-state index contributed by atoms with van der Waals surface area (Å²) in [7, 11) is 0. The van der Waals surface area contributed by atoms with Crippen molar-refractivity contribution < 1.29 is 4.39 Å². The summed E-state index contributed by atoms with van der Waals surface area (Å²) in [5.41, 5.74) is 1.05. The number of piperidine rings is 1. The van der Waals surface area contributed by atoms with E-state index >= 15 is 0 Å². The van der Waals surface area contributed by atoms with Gasteiger partial charge in [-0.15, -0.1) is 0 Å². The number of anilines is 1. The Hall–Kier alpha value is -1.09. The molecule has 1 unspecified atom stereocenters. The largest absolute Gasteiger partial charge is 0.382 e. The number of nitrogens with one attached hydrogen (secondary N) is 2. The van der Waals surface area contributed by atoms with Gasteiger partial charge in [0.15, 0.2) is 0 Å². The van der Waals surface area contributed by atoms with Crippen molar-refractivity contribution in [3.8, 4) is 0 Å². The summed E-state index contributed by atoms with van der Waals surface area (Å²) in [4.78, 5) is 0. The molecule has 1 atom stereocenters. The molecule has 0 saturated carbocycles. The number of halogens is 1. The van der Waals surface area contributed by atoms with Gasteiger partial charge in [-0.1, -0.05) is 6.07 Å². The molecule has 1 heterocycles. The number of hydrogen-bond donors (Lipinski definition) is 2. The van der Waals surface area contributed by atoms with Gasteiger partial charge in [0.25, 0.3) is 0 Å². The topological polar surface area (TPSA) is 24.1 Å². The normalized spacial score (nSPS) is 24.1. The third-order valence-electron chi connectivity index (χ3n) is 3.05. The fraction of sp³-hybridized carbons (Fsp3) is 0.538. The highest BCUT2D eigenvalue weighted by Crippen LogP contribution is 2.22. The van der Waals surface area contributed by atoms with Crippen LogP contribution in [0, 0.1) is 5.82 Å². The Morgan fingerprint density at radius 1 is 1.44 bits per heavy atom.